The number of likely N-dealkylation sites (N-methyl/N-ethyl adjacent to an activating group) is 1. The first kappa shape index (κ1) is 15.0. The van der Waals surface area contributed by atoms with Gasteiger partial charge < -0.3 is 14.2 Å². The molecule has 1 aromatic heterocycles. The Kier molecular flexibility index (Phi) is 3.58. The van der Waals surface area contributed by atoms with Crippen LogP contribution in [-0.2, 0) is 0 Å². The van der Waals surface area contributed by atoms with Crippen LogP contribution in [0, 0.1) is 6.92 Å². The van der Waals surface area contributed by atoms with Crippen molar-refractivity contribution in [3.8, 4) is 0 Å². The van der Waals surface area contributed by atoms with Gasteiger partial charge in [0.05, 0.1) is 0 Å². The molecule has 4 nitrogen and oxygen atoms in total. The van der Waals surface area contributed by atoms with Gasteiger partial charge in [-0.3, -0.25) is 4.79 Å². The Morgan fingerprint density at radius 3 is 2.87 bits per heavy atom. The Balaban J connectivity index is 1.78. The zero-order valence-electron chi connectivity index (χ0n) is 13.3. The minimum absolute atomic E-state index is 0.0437. The number of piperidine rings is 1. The number of benzene rings is 1. The lowest BCUT2D eigenvalue weighted by Crippen LogP contribution is -2.47. The molecule has 0 radical (unpaired) electrons. The van der Waals surface area contributed by atoms with Gasteiger partial charge in [0.15, 0.2) is 10.4 Å². The summed E-state index contributed by atoms with van der Waals surface area (Å²) in [6, 6.07) is 10.1. The van der Waals surface area contributed by atoms with E-state index in [2.05, 4.69) is 53.0 Å². The van der Waals surface area contributed by atoms with Crippen LogP contribution in [0.15, 0.2) is 39.4 Å². The van der Waals surface area contributed by atoms with Gasteiger partial charge in [-0.25, -0.2) is 0 Å². The van der Waals surface area contributed by atoms with Crippen molar-refractivity contribution in [2.75, 3.05) is 25.0 Å². The van der Waals surface area contributed by atoms with Crippen LogP contribution in [0.1, 0.15) is 34.0 Å². The molecule has 0 unspecified atom stereocenters. The molecule has 0 saturated carbocycles. The molecular weight excluding hydrogens is 356 g/mol. The molecule has 2 aliphatic heterocycles. The van der Waals surface area contributed by atoms with Crippen LogP contribution in [0.2, 0.25) is 0 Å². The normalized spacial score (nSPS) is 23.7. The number of hydrogen-bond donors (Lipinski definition) is 0. The van der Waals surface area contributed by atoms with Gasteiger partial charge in [0.25, 0.3) is 5.91 Å². The lowest BCUT2D eigenvalue weighted by molar-refractivity contribution is 0.0936. The van der Waals surface area contributed by atoms with Gasteiger partial charge in [0.2, 0.25) is 0 Å². The Labute approximate surface area is 144 Å². The predicted octanol–water partition coefficient (Wildman–Crippen LogP) is 3.80. The molecule has 2 atom stereocenters. The van der Waals surface area contributed by atoms with Crippen molar-refractivity contribution in [2.24, 2.45) is 0 Å². The molecular formula is C18H19BrN2O2. The van der Waals surface area contributed by atoms with E-state index in [0.29, 0.717) is 16.3 Å². The summed E-state index contributed by atoms with van der Waals surface area (Å²) >= 11 is 3.28. The van der Waals surface area contributed by atoms with Gasteiger partial charge in [-0.1, -0.05) is 17.7 Å². The minimum atomic E-state index is -0.0437. The monoisotopic (exact) mass is 374 g/mol. The Bertz CT molecular complexity index is 770. The number of amides is 1. The Morgan fingerprint density at radius 1 is 1.30 bits per heavy atom. The standard InChI is InChI=1S/C18H19BrN2O2/c1-11-3-4-14-12(9-11)13-10-20(2)8-7-15(13)21(14)18(22)16-5-6-17(19)23-16/h3-6,9,13,15H,7-8,10H2,1-2H3/t13-,15+/m0/s1. The molecule has 0 aliphatic carbocycles. The van der Waals surface area contributed by atoms with Crippen LogP contribution in [-0.4, -0.2) is 37.0 Å². The molecule has 1 saturated heterocycles. The SMILES string of the molecule is Cc1ccc2c(c1)[C@@H]1CN(C)CC[C@H]1N2C(=O)c1ccc(Br)o1. The number of halogens is 1. The lowest BCUT2D eigenvalue weighted by Gasteiger charge is -2.36. The highest BCUT2D eigenvalue weighted by molar-refractivity contribution is 9.10. The van der Waals surface area contributed by atoms with Crippen LogP contribution in [0.25, 0.3) is 0 Å². The summed E-state index contributed by atoms with van der Waals surface area (Å²) in [6.45, 7) is 4.11. The number of hydrogen-bond acceptors (Lipinski definition) is 3. The highest BCUT2D eigenvalue weighted by atomic mass is 79.9. The van der Waals surface area contributed by atoms with Crippen LogP contribution >= 0.6 is 15.9 Å². The van der Waals surface area contributed by atoms with Crippen LogP contribution in [0.4, 0.5) is 5.69 Å². The van der Waals surface area contributed by atoms with Gasteiger partial charge in [-0.2, -0.15) is 0 Å². The molecule has 4 rings (SSSR count). The molecule has 2 aliphatic rings. The molecule has 0 bridgehead atoms. The quantitative estimate of drug-likeness (QED) is 0.761. The van der Waals surface area contributed by atoms with E-state index in [0.717, 1.165) is 25.2 Å². The number of furan rings is 1. The topological polar surface area (TPSA) is 36.7 Å². The summed E-state index contributed by atoms with van der Waals surface area (Å²) in [4.78, 5) is 17.4. The number of rotatable bonds is 1. The second-order valence-corrected chi connectivity index (χ2v) is 7.35. The van der Waals surface area contributed by atoms with E-state index >= 15 is 0 Å². The molecule has 120 valence electrons. The molecule has 5 heteroatoms. The molecule has 0 spiro atoms. The maximum absolute atomic E-state index is 13.0. The highest BCUT2D eigenvalue weighted by Crippen LogP contribution is 2.45. The average molecular weight is 375 g/mol. The van der Waals surface area contributed by atoms with Gasteiger partial charge in [0, 0.05) is 24.2 Å². The summed E-state index contributed by atoms with van der Waals surface area (Å²) in [5, 5.41) is 0. The van der Waals surface area contributed by atoms with Crippen molar-refractivity contribution in [3.05, 3.63) is 51.9 Å². The van der Waals surface area contributed by atoms with Gasteiger partial charge in [0.1, 0.15) is 0 Å². The second-order valence-electron chi connectivity index (χ2n) is 6.57. The summed E-state index contributed by atoms with van der Waals surface area (Å²) in [7, 11) is 2.15. The number of nitrogens with zero attached hydrogens (tertiary/aromatic N) is 2. The number of likely N-dealkylation sites (tertiary alicyclic amines) is 1. The second kappa shape index (κ2) is 5.49. The summed E-state index contributed by atoms with van der Waals surface area (Å²) in [5.74, 6) is 0.729. The summed E-state index contributed by atoms with van der Waals surface area (Å²) in [5.41, 5.74) is 3.57. The van der Waals surface area contributed by atoms with Crippen molar-refractivity contribution in [1.82, 2.24) is 4.90 Å². The Morgan fingerprint density at radius 2 is 2.13 bits per heavy atom. The van der Waals surface area contributed by atoms with E-state index in [1.165, 1.54) is 11.1 Å². The summed E-state index contributed by atoms with van der Waals surface area (Å²) in [6.07, 6.45) is 0.989. The zero-order valence-corrected chi connectivity index (χ0v) is 14.8. The molecule has 1 fully saturated rings. The smallest absolute Gasteiger partial charge is 0.294 e. The van der Waals surface area contributed by atoms with Gasteiger partial charge in [-0.05, 0) is 66.6 Å². The summed E-state index contributed by atoms with van der Waals surface area (Å²) < 4.78 is 6.10. The van der Waals surface area contributed by atoms with Gasteiger partial charge >= 0.3 is 0 Å². The molecule has 2 aromatic rings. The number of aryl methyl sites for hydroxylation is 1. The lowest BCUT2D eigenvalue weighted by atomic mass is 9.89. The zero-order chi connectivity index (χ0) is 16.1. The third-order valence-corrected chi connectivity index (χ3v) is 5.38. The number of anilines is 1. The van der Waals surface area contributed by atoms with E-state index in [9.17, 15) is 4.79 Å². The Hall–Kier alpha value is -1.59. The van der Waals surface area contributed by atoms with Gasteiger partial charge in [-0.15, -0.1) is 0 Å². The van der Waals surface area contributed by atoms with Crippen molar-refractivity contribution in [2.45, 2.75) is 25.3 Å². The first-order chi connectivity index (χ1) is 11.0. The fourth-order valence-corrected chi connectivity index (χ4v) is 4.20. The fraction of sp³-hybridized carbons (Fsp3) is 0.389. The fourth-order valence-electron chi connectivity index (χ4n) is 3.89. The average Bonchev–Trinajstić information content (AvgIpc) is 3.08. The van der Waals surface area contributed by atoms with E-state index in [1.54, 1.807) is 12.1 Å². The molecule has 0 N–H and O–H groups in total. The third-order valence-electron chi connectivity index (χ3n) is 4.96. The van der Waals surface area contributed by atoms with E-state index in [-0.39, 0.29) is 11.9 Å². The predicted molar refractivity (Wildman–Crippen MR) is 93.0 cm³/mol. The third kappa shape index (κ3) is 2.42. The maximum Gasteiger partial charge on any atom is 0.294 e. The number of carbonyl (C=O) groups is 1. The molecule has 23 heavy (non-hydrogen) atoms. The maximum atomic E-state index is 13.0. The number of carbonyl (C=O) groups excluding carboxylic acids is 1. The van der Waals surface area contributed by atoms with Crippen LogP contribution in [0.3, 0.4) is 0 Å². The minimum Gasteiger partial charge on any atom is -0.444 e. The largest absolute Gasteiger partial charge is 0.444 e. The van der Waals surface area contributed by atoms with Crippen molar-refractivity contribution >= 4 is 27.5 Å². The first-order valence-corrected chi connectivity index (χ1v) is 8.72. The van der Waals surface area contributed by atoms with Crippen molar-refractivity contribution in [3.63, 3.8) is 0 Å². The number of fused-ring (bicyclic) bond motifs is 3. The van der Waals surface area contributed by atoms with E-state index in [4.69, 9.17) is 4.42 Å². The highest BCUT2D eigenvalue weighted by Gasteiger charge is 2.44. The van der Waals surface area contributed by atoms with Crippen LogP contribution in [0.5, 0.6) is 0 Å². The van der Waals surface area contributed by atoms with E-state index < -0.39 is 0 Å². The molecule has 3 heterocycles. The molecule has 1 aromatic carbocycles. The molecule has 1 amide bonds. The van der Waals surface area contributed by atoms with E-state index in [1.807, 2.05) is 4.90 Å². The van der Waals surface area contributed by atoms with Crippen molar-refractivity contribution < 1.29 is 9.21 Å². The first-order valence-electron chi connectivity index (χ1n) is 7.92. The van der Waals surface area contributed by atoms with Crippen LogP contribution < -0.4 is 4.90 Å². The van der Waals surface area contributed by atoms with Crippen molar-refractivity contribution in [1.29, 1.82) is 0 Å².